The summed E-state index contributed by atoms with van der Waals surface area (Å²) in [5.74, 6) is -0.661. The number of aromatic nitrogens is 2. The highest BCUT2D eigenvalue weighted by Crippen LogP contribution is 2.28. The first-order valence-corrected chi connectivity index (χ1v) is 12.6. The van der Waals surface area contributed by atoms with Crippen LogP contribution < -0.4 is 5.56 Å². The molecule has 0 bridgehead atoms. The molecular formula is C26H37N3O4. The van der Waals surface area contributed by atoms with Gasteiger partial charge in [-0.25, -0.2) is 9.78 Å². The third kappa shape index (κ3) is 5.46. The third-order valence-corrected chi connectivity index (χ3v) is 7.13. The molecule has 1 aromatic heterocycles. The standard InChI is InChI=1S/C26H37N3O4/c1-3-33-26(31)24-25(30)29(23-14-10-9-13-22(23)27-24)19(2)17-21-18-32-16-15-28(21)20-11-7-5-4-6-8-12-20/h9-10,13-14,19-21H,3-8,11-12,15-18H2,1-2H3/t19-,21+/m0/s1. The number of hydrogen-bond donors (Lipinski definition) is 0. The lowest BCUT2D eigenvalue weighted by Gasteiger charge is -2.43. The average molecular weight is 456 g/mol. The van der Waals surface area contributed by atoms with Crippen molar-refractivity contribution >= 4 is 17.0 Å². The molecule has 2 aromatic rings. The Morgan fingerprint density at radius 2 is 1.91 bits per heavy atom. The van der Waals surface area contributed by atoms with E-state index >= 15 is 0 Å². The lowest BCUT2D eigenvalue weighted by atomic mass is 9.93. The monoisotopic (exact) mass is 455 g/mol. The van der Waals surface area contributed by atoms with Crippen LogP contribution in [-0.2, 0) is 9.47 Å². The maximum atomic E-state index is 13.4. The van der Waals surface area contributed by atoms with Gasteiger partial charge in [-0.05, 0) is 45.2 Å². The molecule has 2 aliphatic rings. The van der Waals surface area contributed by atoms with Gasteiger partial charge < -0.3 is 14.0 Å². The van der Waals surface area contributed by atoms with Crippen LogP contribution in [0.1, 0.15) is 81.7 Å². The molecule has 0 N–H and O–H groups in total. The number of hydrogen-bond acceptors (Lipinski definition) is 6. The van der Waals surface area contributed by atoms with Crippen molar-refractivity contribution in [3.05, 3.63) is 40.3 Å². The van der Waals surface area contributed by atoms with Crippen LogP contribution in [0.15, 0.2) is 29.1 Å². The molecule has 1 aromatic carbocycles. The van der Waals surface area contributed by atoms with Crippen molar-refractivity contribution in [3.8, 4) is 0 Å². The molecule has 1 aliphatic heterocycles. The van der Waals surface area contributed by atoms with Crippen molar-refractivity contribution < 1.29 is 14.3 Å². The topological polar surface area (TPSA) is 73.7 Å². The van der Waals surface area contributed by atoms with Gasteiger partial charge in [-0.3, -0.25) is 9.69 Å². The molecule has 0 unspecified atom stereocenters. The van der Waals surface area contributed by atoms with E-state index in [2.05, 4.69) is 16.8 Å². The van der Waals surface area contributed by atoms with E-state index in [0.717, 1.165) is 25.1 Å². The highest BCUT2D eigenvalue weighted by atomic mass is 16.5. The number of rotatable bonds is 6. The molecule has 1 saturated heterocycles. The first-order valence-electron chi connectivity index (χ1n) is 12.6. The van der Waals surface area contributed by atoms with Crippen LogP contribution >= 0.6 is 0 Å². The summed E-state index contributed by atoms with van der Waals surface area (Å²) in [4.78, 5) is 32.9. The molecule has 2 heterocycles. The Kier molecular flexibility index (Phi) is 8.15. The van der Waals surface area contributed by atoms with E-state index in [9.17, 15) is 9.59 Å². The first kappa shape index (κ1) is 23.9. The van der Waals surface area contributed by atoms with Gasteiger partial charge in [0, 0.05) is 24.7 Å². The zero-order chi connectivity index (χ0) is 23.2. The smallest absolute Gasteiger partial charge is 0.362 e. The number of nitrogens with zero attached hydrogens (tertiary/aromatic N) is 3. The summed E-state index contributed by atoms with van der Waals surface area (Å²) in [5.41, 5.74) is 0.856. The second-order valence-corrected chi connectivity index (χ2v) is 9.39. The molecule has 7 heteroatoms. The van der Waals surface area contributed by atoms with Crippen LogP contribution in [0.4, 0.5) is 0 Å². The minimum absolute atomic E-state index is 0.110. The molecule has 0 spiro atoms. The Bertz CT molecular complexity index is 997. The van der Waals surface area contributed by atoms with E-state index in [4.69, 9.17) is 9.47 Å². The maximum Gasteiger partial charge on any atom is 0.362 e. The largest absolute Gasteiger partial charge is 0.461 e. The predicted molar refractivity (Wildman–Crippen MR) is 129 cm³/mol. The minimum atomic E-state index is -0.661. The fourth-order valence-corrected chi connectivity index (χ4v) is 5.54. The summed E-state index contributed by atoms with van der Waals surface area (Å²) in [5, 5.41) is 0. The SMILES string of the molecule is CCOC(=O)c1nc2ccccc2n([C@@H](C)C[C@@H]2COCCN2C2CCCCCCC2)c1=O. The summed E-state index contributed by atoms with van der Waals surface area (Å²) in [7, 11) is 0. The van der Waals surface area contributed by atoms with Crippen molar-refractivity contribution in [2.24, 2.45) is 0 Å². The predicted octanol–water partition coefficient (Wildman–Crippen LogP) is 4.34. The number of para-hydroxylation sites is 2. The van der Waals surface area contributed by atoms with Gasteiger partial charge in [-0.1, -0.05) is 44.2 Å². The van der Waals surface area contributed by atoms with Gasteiger partial charge in [0.2, 0.25) is 5.69 Å². The summed E-state index contributed by atoms with van der Waals surface area (Å²) in [6.07, 6.45) is 9.88. The van der Waals surface area contributed by atoms with Gasteiger partial charge in [-0.2, -0.15) is 0 Å². The second kappa shape index (κ2) is 11.3. The average Bonchev–Trinajstić information content (AvgIpc) is 2.79. The van der Waals surface area contributed by atoms with Gasteiger partial charge in [0.15, 0.2) is 0 Å². The molecule has 7 nitrogen and oxygen atoms in total. The molecule has 4 rings (SSSR count). The molecular weight excluding hydrogens is 418 g/mol. The Morgan fingerprint density at radius 1 is 1.18 bits per heavy atom. The van der Waals surface area contributed by atoms with Gasteiger partial charge in [0.1, 0.15) is 0 Å². The maximum absolute atomic E-state index is 13.4. The van der Waals surface area contributed by atoms with Gasteiger partial charge in [-0.15, -0.1) is 0 Å². The fraction of sp³-hybridized carbons (Fsp3) is 0.654. The molecule has 2 atom stereocenters. The second-order valence-electron chi connectivity index (χ2n) is 9.39. The van der Waals surface area contributed by atoms with Crippen LogP contribution in [0.25, 0.3) is 11.0 Å². The zero-order valence-corrected chi connectivity index (χ0v) is 20.0. The number of morpholine rings is 1. The van der Waals surface area contributed by atoms with Gasteiger partial charge in [0.25, 0.3) is 5.56 Å². The summed E-state index contributed by atoms with van der Waals surface area (Å²) >= 11 is 0. The van der Waals surface area contributed by atoms with E-state index in [-0.39, 0.29) is 29.9 Å². The van der Waals surface area contributed by atoms with E-state index in [0.29, 0.717) is 18.2 Å². The van der Waals surface area contributed by atoms with Gasteiger partial charge >= 0.3 is 5.97 Å². The highest BCUT2D eigenvalue weighted by molar-refractivity contribution is 5.89. The third-order valence-electron chi connectivity index (χ3n) is 7.13. The van der Waals surface area contributed by atoms with Crippen molar-refractivity contribution in [1.82, 2.24) is 14.5 Å². The van der Waals surface area contributed by atoms with Crippen LogP contribution in [0.5, 0.6) is 0 Å². The van der Waals surface area contributed by atoms with E-state index in [1.165, 1.54) is 44.9 Å². The highest BCUT2D eigenvalue weighted by Gasteiger charge is 2.32. The normalized spacial score (nSPS) is 21.9. The fourth-order valence-electron chi connectivity index (χ4n) is 5.54. The molecule has 33 heavy (non-hydrogen) atoms. The Balaban J connectivity index is 1.63. The summed E-state index contributed by atoms with van der Waals surface area (Å²) in [6, 6.07) is 8.25. The van der Waals surface area contributed by atoms with Crippen LogP contribution in [0.3, 0.4) is 0 Å². The number of benzene rings is 1. The lowest BCUT2D eigenvalue weighted by Crippen LogP contribution is -2.51. The molecule has 2 fully saturated rings. The van der Waals surface area contributed by atoms with Crippen LogP contribution in [0.2, 0.25) is 0 Å². The number of esters is 1. The van der Waals surface area contributed by atoms with Crippen molar-refractivity contribution in [3.63, 3.8) is 0 Å². The van der Waals surface area contributed by atoms with Crippen LogP contribution in [0, 0.1) is 0 Å². The molecule has 1 aliphatic carbocycles. The number of fused-ring (bicyclic) bond motifs is 1. The molecule has 1 saturated carbocycles. The number of carbonyl (C=O) groups excluding carboxylic acids is 1. The van der Waals surface area contributed by atoms with E-state index in [1.807, 2.05) is 24.3 Å². The van der Waals surface area contributed by atoms with E-state index < -0.39 is 5.97 Å². The summed E-state index contributed by atoms with van der Waals surface area (Å²) in [6.45, 7) is 6.40. The molecule has 180 valence electrons. The quantitative estimate of drug-likeness (QED) is 0.604. The Hall–Kier alpha value is -2.25. The van der Waals surface area contributed by atoms with Crippen LogP contribution in [-0.4, -0.2) is 58.9 Å². The Labute approximate surface area is 196 Å². The first-order chi connectivity index (χ1) is 16.1. The van der Waals surface area contributed by atoms with Crippen molar-refractivity contribution in [2.45, 2.75) is 83.3 Å². The van der Waals surface area contributed by atoms with E-state index in [1.54, 1.807) is 11.5 Å². The van der Waals surface area contributed by atoms with Crippen molar-refractivity contribution in [2.75, 3.05) is 26.4 Å². The molecule has 0 radical (unpaired) electrons. The number of carbonyl (C=O) groups is 1. The lowest BCUT2D eigenvalue weighted by molar-refractivity contribution is -0.0403. The van der Waals surface area contributed by atoms with Gasteiger partial charge in [0.05, 0.1) is 30.9 Å². The Morgan fingerprint density at radius 3 is 2.67 bits per heavy atom. The van der Waals surface area contributed by atoms with Crippen molar-refractivity contribution in [1.29, 1.82) is 0 Å². The summed E-state index contributed by atoms with van der Waals surface area (Å²) < 4.78 is 12.7. The number of ether oxygens (including phenoxy) is 2. The molecule has 0 amide bonds. The zero-order valence-electron chi connectivity index (χ0n) is 20.0. The minimum Gasteiger partial charge on any atom is -0.461 e.